The van der Waals surface area contributed by atoms with E-state index in [2.05, 4.69) is 4.57 Å². The van der Waals surface area contributed by atoms with E-state index in [1.165, 1.54) is 18.6 Å². The van der Waals surface area contributed by atoms with Crippen LogP contribution in [0, 0.1) is 13.8 Å². The Bertz CT molecular complexity index is 876. The van der Waals surface area contributed by atoms with Crippen LogP contribution in [-0.4, -0.2) is 22.9 Å². The highest BCUT2D eigenvalue weighted by molar-refractivity contribution is 6.00. The van der Waals surface area contributed by atoms with Crippen molar-refractivity contribution in [3.63, 3.8) is 0 Å². The molecule has 3 aromatic rings. The molecule has 2 heterocycles. The van der Waals surface area contributed by atoms with Crippen LogP contribution in [-0.2, 0) is 11.3 Å². The van der Waals surface area contributed by atoms with E-state index in [1.807, 2.05) is 50.2 Å². The lowest BCUT2D eigenvalue weighted by atomic mass is 10.1. The third-order valence-electron chi connectivity index (χ3n) is 4.15. The van der Waals surface area contributed by atoms with E-state index in [-0.39, 0.29) is 12.4 Å². The second kappa shape index (κ2) is 7.21. The van der Waals surface area contributed by atoms with Crippen molar-refractivity contribution >= 4 is 11.8 Å². The normalized spacial score (nSPS) is 10.6. The van der Waals surface area contributed by atoms with Gasteiger partial charge in [-0.3, -0.25) is 4.79 Å². The average molecular weight is 337 g/mol. The van der Waals surface area contributed by atoms with Crippen LogP contribution in [0.1, 0.15) is 37.7 Å². The predicted octanol–water partition coefficient (Wildman–Crippen LogP) is 3.79. The molecule has 0 fully saturated rings. The van der Waals surface area contributed by atoms with Crippen LogP contribution in [0.15, 0.2) is 59.4 Å². The Morgan fingerprint density at radius 3 is 2.56 bits per heavy atom. The zero-order chi connectivity index (χ0) is 17.8. The standard InChI is InChI=1S/C20H19NO4/c1-14-10-18(15(2)21(14)11-16-6-4-3-5-7-16)19(22)13-25-20(23)17-8-9-24-12-17/h3-10,12H,11,13H2,1-2H3. The van der Waals surface area contributed by atoms with Gasteiger partial charge in [0.1, 0.15) is 6.26 Å². The highest BCUT2D eigenvalue weighted by atomic mass is 16.5. The molecule has 3 rings (SSSR count). The largest absolute Gasteiger partial charge is 0.472 e. The fourth-order valence-corrected chi connectivity index (χ4v) is 2.77. The molecule has 5 heteroatoms. The molecule has 0 amide bonds. The Morgan fingerprint density at radius 2 is 1.88 bits per heavy atom. The second-order valence-electron chi connectivity index (χ2n) is 5.87. The van der Waals surface area contributed by atoms with E-state index in [0.29, 0.717) is 17.7 Å². The summed E-state index contributed by atoms with van der Waals surface area (Å²) in [6.45, 7) is 4.27. The molecule has 0 radical (unpaired) electrons. The first kappa shape index (κ1) is 16.8. The van der Waals surface area contributed by atoms with E-state index in [0.717, 1.165) is 17.0 Å². The first-order valence-electron chi connectivity index (χ1n) is 7.99. The van der Waals surface area contributed by atoms with Gasteiger partial charge in [0.05, 0.1) is 11.8 Å². The molecule has 5 nitrogen and oxygen atoms in total. The molecular weight excluding hydrogens is 318 g/mol. The summed E-state index contributed by atoms with van der Waals surface area (Å²) < 4.78 is 12.0. The molecule has 0 saturated heterocycles. The van der Waals surface area contributed by atoms with E-state index < -0.39 is 5.97 Å². The summed E-state index contributed by atoms with van der Waals surface area (Å²) in [6.07, 6.45) is 2.67. The number of aryl methyl sites for hydroxylation is 1. The van der Waals surface area contributed by atoms with Gasteiger partial charge in [-0.1, -0.05) is 30.3 Å². The van der Waals surface area contributed by atoms with Gasteiger partial charge in [0.2, 0.25) is 5.78 Å². The van der Waals surface area contributed by atoms with E-state index >= 15 is 0 Å². The summed E-state index contributed by atoms with van der Waals surface area (Å²) in [4.78, 5) is 24.2. The summed E-state index contributed by atoms with van der Waals surface area (Å²) in [6, 6.07) is 13.4. The number of Topliss-reactive ketones (excluding diaryl/α,β-unsaturated/α-hetero) is 1. The Hall–Kier alpha value is -3.08. The molecule has 0 atom stereocenters. The number of aromatic nitrogens is 1. The fraction of sp³-hybridized carbons (Fsp3) is 0.200. The van der Waals surface area contributed by atoms with Gasteiger partial charge in [-0.2, -0.15) is 0 Å². The predicted molar refractivity (Wildman–Crippen MR) is 92.8 cm³/mol. The zero-order valence-corrected chi connectivity index (χ0v) is 14.2. The van der Waals surface area contributed by atoms with Crippen molar-refractivity contribution in [2.75, 3.05) is 6.61 Å². The first-order chi connectivity index (χ1) is 12.1. The minimum Gasteiger partial charge on any atom is -0.472 e. The summed E-state index contributed by atoms with van der Waals surface area (Å²) in [7, 11) is 0. The molecule has 1 aromatic carbocycles. The molecule has 25 heavy (non-hydrogen) atoms. The average Bonchev–Trinajstić information content (AvgIpc) is 3.25. The molecular formula is C20H19NO4. The molecule has 0 N–H and O–H groups in total. The number of ether oxygens (including phenoxy) is 1. The van der Waals surface area contributed by atoms with E-state index in [1.54, 1.807) is 0 Å². The zero-order valence-electron chi connectivity index (χ0n) is 14.2. The van der Waals surface area contributed by atoms with Crippen molar-refractivity contribution in [1.82, 2.24) is 4.57 Å². The van der Waals surface area contributed by atoms with Gasteiger partial charge in [0, 0.05) is 23.5 Å². The molecule has 0 aliphatic carbocycles. The highest BCUT2D eigenvalue weighted by Crippen LogP contribution is 2.18. The van der Waals surface area contributed by atoms with Crippen molar-refractivity contribution in [3.8, 4) is 0 Å². The maximum atomic E-state index is 12.4. The fourth-order valence-electron chi connectivity index (χ4n) is 2.77. The second-order valence-corrected chi connectivity index (χ2v) is 5.87. The highest BCUT2D eigenvalue weighted by Gasteiger charge is 2.18. The lowest BCUT2D eigenvalue weighted by molar-refractivity contribution is 0.0474. The van der Waals surface area contributed by atoms with Crippen LogP contribution >= 0.6 is 0 Å². The van der Waals surface area contributed by atoms with Gasteiger partial charge >= 0.3 is 5.97 Å². The molecule has 0 bridgehead atoms. The smallest absolute Gasteiger partial charge is 0.341 e. The van der Waals surface area contributed by atoms with Gasteiger partial charge in [-0.25, -0.2) is 4.79 Å². The number of benzene rings is 1. The number of carbonyl (C=O) groups is 2. The Morgan fingerprint density at radius 1 is 1.12 bits per heavy atom. The third kappa shape index (κ3) is 3.71. The van der Waals surface area contributed by atoms with E-state index in [4.69, 9.17) is 9.15 Å². The van der Waals surface area contributed by atoms with Crippen molar-refractivity contribution in [2.45, 2.75) is 20.4 Å². The maximum absolute atomic E-state index is 12.4. The Kier molecular flexibility index (Phi) is 4.84. The minimum atomic E-state index is -0.569. The van der Waals surface area contributed by atoms with Crippen molar-refractivity contribution in [3.05, 3.63) is 83.1 Å². The van der Waals surface area contributed by atoms with Crippen LogP contribution in [0.4, 0.5) is 0 Å². The number of rotatable bonds is 6. The van der Waals surface area contributed by atoms with Gasteiger partial charge in [0.25, 0.3) is 0 Å². The topological polar surface area (TPSA) is 61.4 Å². The van der Waals surface area contributed by atoms with Gasteiger partial charge in [0.15, 0.2) is 6.61 Å². The molecule has 128 valence electrons. The molecule has 0 spiro atoms. The number of nitrogens with zero attached hydrogens (tertiary/aromatic N) is 1. The number of esters is 1. The summed E-state index contributed by atoms with van der Waals surface area (Å²) in [5.41, 5.74) is 3.89. The maximum Gasteiger partial charge on any atom is 0.341 e. The number of hydrogen-bond donors (Lipinski definition) is 0. The molecule has 0 unspecified atom stereocenters. The molecule has 0 aliphatic heterocycles. The summed E-state index contributed by atoms with van der Waals surface area (Å²) in [5.74, 6) is -0.788. The van der Waals surface area contributed by atoms with Crippen LogP contribution in [0.5, 0.6) is 0 Å². The quantitative estimate of drug-likeness (QED) is 0.507. The Balaban J connectivity index is 1.71. The van der Waals surface area contributed by atoms with Gasteiger partial charge < -0.3 is 13.7 Å². The Labute approximate surface area is 145 Å². The van der Waals surface area contributed by atoms with Crippen molar-refractivity contribution < 1.29 is 18.7 Å². The van der Waals surface area contributed by atoms with Crippen LogP contribution in [0.2, 0.25) is 0 Å². The minimum absolute atomic E-state index is 0.218. The van der Waals surface area contributed by atoms with Crippen molar-refractivity contribution in [1.29, 1.82) is 0 Å². The van der Waals surface area contributed by atoms with Gasteiger partial charge in [-0.15, -0.1) is 0 Å². The van der Waals surface area contributed by atoms with Crippen LogP contribution in [0.3, 0.4) is 0 Å². The van der Waals surface area contributed by atoms with Crippen molar-refractivity contribution in [2.24, 2.45) is 0 Å². The number of ketones is 1. The lowest BCUT2D eigenvalue weighted by Crippen LogP contribution is -2.15. The SMILES string of the molecule is Cc1cc(C(=O)COC(=O)c2ccoc2)c(C)n1Cc1ccccc1. The van der Waals surface area contributed by atoms with Crippen LogP contribution < -0.4 is 0 Å². The number of carbonyl (C=O) groups excluding carboxylic acids is 2. The molecule has 0 saturated carbocycles. The monoisotopic (exact) mass is 337 g/mol. The van der Waals surface area contributed by atoms with E-state index in [9.17, 15) is 9.59 Å². The van der Waals surface area contributed by atoms with Gasteiger partial charge in [-0.05, 0) is 31.5 Å². The molecule has 0 aliphatic rings. The third-order valence-corrected chi connectivity index (χ3v) is 4.15. The summed E-state index contributed by atoms with van der Waals surface area (Å²) in [5, 5.41) is 0. The van der Waals surface area contributed by atoms with Crippen LogP contribution in [0.25, 0.3) is 0 Å². The summed E-state index contributed by atoms with van der Waals surface area (Å²) >= 11 is 0. The molecule has 2 aromatic heterocycles. The first-order valence-corrected chi connectivity index (χ1v) is 7.99. The number of hydrogen-bond acceptors (Lipinski definition) is 4. The number of furan rings is 1. The lowest BCUT2D eigenvalue weighted by Gasteiger charge is -2.10.